The number of nitrogens with zero attached hydrogens (tertiary/aromatic N) is 3. The van der Waals surface area contributed by atoms with Crippen LogP contribution < -0.4 is 4.74 Å². The summed E-state index contributed by atoms with van der Waals surface area (Å²) >= 11 is 0. The predicted molar refractivity (Wildman–Crippen MR) is 68.0 cm³/mol. The quantitative estimate of drug-likeness (QED) is 0.900. The first-order chi connectivity index (χ1) is 8.54. The number of rotatable bonds is 3. The summed E-state index contributed by atoms with van der Waals surface area (Å²) in [4.78, 5) is 4.27. The zero-order valence-corrected chi connectivity index (χ0v) is 11.0. The van der Waals surface area contributed by atoms with Gasteiger partial charge in [-0.05, 0) is 32.9 Å². The molecule has 0 aliphatic heterocycles. The minimum atomic E-state index is -0.639. The molecule has 1 heterocycles. The van der Waals surface area contributed by atoms with Crippen LogP contribution >= 0.6 is 0 Å². The van der Waals surface area contributed by atoms with Crippen LogP contribution in [-0.4, -0.2) is 27.0 Å². The van der Waals surface area contributed by atoms with Crippen molar-refractivity contribution in [3.63, 3.8) is 0 Å². The van der Waals surface area contributed by atoms with Crippen LogP contribution in [0.3, 0.4) is 0 Å². The molecule has 0 saturated heterocycles. The van der Waals surface area contributed by atoms with E-state index in [0.29, 0.717) is 17.1 Å². The van der Waals surface area contributed by atoms with E-state index in [1.807, 2.05) is 32.0 Å². The third-order valence-corrected chi connectivity index (χ3v) is 2.78. The van der Waals surface area contributed by atoms with Crippen molar-refractivity contribution < 1.29 is 9.84 Å². The highest BCUT2D eigenvalue weighted by Gasteiger charge is 2.17. The van der Waals surface area contributed by atoms with E-state index in [0.717, 1.165) is 11.5 Å². The Hall–Kier alpha value is -1.88. The highest BCUT2D eigenvalue weighted by molar-refractivity contribution is 5.50. The average molecular weight is 247 g/mol. The Morgan fingerprint density at radius 1 is 1.33 bits per heavy atom. The van der Waals surface area contributed by atoms with Gasteiger partial charge in [-0.25, -0.2) is 9.67 Å². The molecule has 1 aromatic carbocycles. The fourth-order valence-corrected chi connectivity index (χ4v) is 2.06. The largest absolute Gasteiger partial charge is 0.496 e. The molecule has 1 atom stereocenters. The Balaban J connectivity index is 2.67. The molecule has 0 saturated carbocycles. The molecule has 0 fully saturated rings. The highest BCUT2D eigenvalue weighted by Crippen LogP contribution is 2.31. The van der Waals surface area contributed by atoms with Gasteiger partial charge in [0.1, 0.15) is 17.4 Å². The van der Waals surface area contributed by atoms with Gasteiger partial charge in [-0.15, -0.1) is 0 Å². The SMILES string of the molecule is COc1cccc(-n2nc(C)nc2C)c1[C@@H](C)O. The van der Waals surface area contributed by atoms with E-state index >= 15 is 0 Å². The summed E-state index contributed by atoms with van der Waals surface area (Å²) in [6.07, 6.45) is -0.639. The van der Waals surface area contributed by atoms with Crippen molar-refractivity contribution in [2.45, 2.75) is 26.9 Å². The third-order valence-electron chi connectivity index (χ3n) is 2.78. The Morgan fingerprint density at radius 2 is 2.06 bits per heavy atom. The van der Waals surface area contributed by atoms with E-state index in [9.17, 15) is 5.11 Å². The van der Waals surface area contributed by atoms with Crippen molar-refractivity contribution >= 4 is 0 Å². The van der Waals surface area contributed by atoms with E-state index in [1.165, 1.54) is 0 Å². The van der Waals surface area contributed by atoms with Gasteiger partial charge in [0.05, 0.1) is 18.9 Å². The van der Waals surface area contributed by atoms with Crippen LogP contribution in [0.1, 0.15) is 30.2 Å². The zero-order valence-electron chi connectivity index (χ0n) is 11.0. The Kier molecular flexibility index (Phi) is 3.34. The van der Waals surface area contributed by atoms with Crippen LogP contribution in [0.25, 0.3) is 5.69 Å². The molecule has 96 valence electrons. The second-order valence-electron chi connectivity index (χ2n) is 4.19. The molecule has 2 rings (SSSR count). The fraction of sp³-hybridized carbons (Fsp3) is 0.385. The maximum absolute atomic E-state index is 9.93. The van der Waals surface area contributed by atoms with Gasteiger partial charge >= 0.3 is 0 Å². The molecular formula is C13H17N3O2. The summed E-state index contributed by atoms with van der Waals surface area (Å²) in [7, 11) is 1.59. The van der Waals surface area contributed by atoms with Gasteiger partial charge in [0, 0.05) is 5.56 Å². The van der Waals surface area contributed by atoms with Gasteiger partial charge in [-0.2, -0.15) is 5.10 Å². The van der Waals surface area contributed by atoms with Gasteiger partial charge < -0.3 is 9.84 Å². The molecule has 0 spiro atoms. The summed E-state index contributed by atoms with van der Waals surface area (Å²) < 4.78 is 7.02. The number of hydrogen-bond donors (Lipinski definition) is 1. The second kappa shape index (κ2) is 4.78. The van der Waals surface area contributed by atoms with Crippen molar-refractivity contribution in [1.82, 2.24) is 14.8 Å². The van der Waals surface area contributed by atoms with Gasteiger partial charge in [-0.3, -0.25) is 0 Å². The topological polar surface area (TPSA) is 60.2 Å². The van der Waals surface area contributed by atoms with Crippen molar-refractivity contribution in [1.29, 1.82) is 0 Å². The number of methoxy groups -OCH3 is 1. The van der Waals surface area contributed by atoms with Crippen molar-refractivity contribution in [2.24, 2.45) is 0 Å². The van der Waals surface area contributed by atoms with Crippen molar-refractivity contribution in [2.75, 3.05) is 7.11 Å². The molecule has 1 N–H and O–H groups in total. The van der Waals surface area contributed by atoms with Gasteiger partial charge in [-0.1, -0.05) is 6.07 Å². The maximum Gasteiger partial charge on any atom is 0.148 e. The Morgan fingerprint density at radius 3 is 2.56 bits per heavy atom. The number of benzene rings is 1. The molecular weight excluding hydrogens is 230 g/mol. The maximum atomic E-state index is 9.93. The van der Waals surface area contributed by atoms with Crippen LogP contribution in [0.5, 0.6) is 5.75 Å². The summed E-state index contributed by atoms with van der Waals surface area (Å²) in [6, 6.07) is 5.59. The number of aliphatic hydroxyl groups is 1. The summed E-state index contributed by atoms with van der Waals surface area (Å²) in [5, 5.41) is 14.3. The molecule has 0 bridgehead atoms. The van der Waals surface area contributed by atoms with E-state index < -0.39 is 6.10 Å². The number of hydrogen-bond acceptors (Lipinski definition) is 4. The lowest BCUT2D eigenvalue weighted by molar-refractivity contribution is 0.194. The molecule has 2 aromatic rings. The van der Waals surface area contributed by atoms with Crippen LogP contribution in [0.15, 0.2) is 18.2 Å². The molecule has 0 unspecified atom stereocenters. The van der Waals surface area contributed by atoms with E-state index in [2.05, 4.69) is 10.1 Å². The average Bonchev–Trinajstić information content (AvgIpc) is 2.67. The van der Waals surface area contributed by atoms with Crippen LogP contribution in [0.2, 0.25) is 0 Å². The molecule has 0 aliphatic carbocycles. The van der Waals surface area contributed by atoms with Crippen molar-refractivity contribution in [3.8, 4) is 11.4 Å². The molecule has 5 heteroatoms. The minimum absolute atomic E-state index is 0.639. The summed E-state index contributed by atoms with van der Waals surface area (Å²) in [6.45, 7) is 5.43. The van der Waals surface area contributed by atoms with Crippen LogP contribution in [0.4, 0.5) is 0 Å². The summed E-state index contributed by atoms with van der Waals surface area (Å²) in [5.41, 5.74) is 1.51. The first kappa shape index (κ1) is 12.6. The highest BCUT2D eigenvalue weighted by atomic mass is 16.5. The molecule has 5 nitrogen and oxygen atoms in total. The third kappa shape index (κ3) is 2.09. The van der Waals surface area contributed by atoms with Crippen molar-refractivity contribution in [3.05, 3.63) is 35.4 Å². The lowest BCUT2D eigenvalue weighted by Crippen LogP contribution is -2.07. The Labute approximate surface area is 106 Å². The predicted octanol–water partition coefficient (Wildman–Crippen LogP) is 1.95. The molecule has 0 amide bonds. The first-order valence-electron chi connectivity index (χ1n) is 5.80. The van der Waals surface area contributed by atoms with E-state index in [1.54, 1.807) is 18.7 Å². The van der Waals surface area contributed by atoms with E-state index in [-0.39, 0.29) is 0 Å². The minimum Gasteiger partial charge on any atom is -0.496 e. The van der Waals surface area contributed by atoms with Gasteiger partial charge in [0.2, 0.25) is 0 Å². The number of aryl methyl sites for hydroxylation is 2. The summed E-state index contributed by atoms with van der Waals surface area (Å²) in [5.74, 6) is 2.13. The smallest absolute Gasteiger partial charge is 0.148 e. The number of ether oxygens (including phenoxy) is 1. The van der Waals surface area contributed by atoms with Gasteiger partial charge in [0.25, 0.3) is 0 Å². The fourth-order valence-electron chi connectivity index (χ4n) is 2.06. The van der Waals surface area contributed by atoms with Gasteiger partial charge in [0.15, 0.2) is 0 Å². The lowest BCUT2D eigenvalue weighted by Gasteiger charge is -2.16. The van der Waals surface area contributed by atoms with Crippen LogP contribution in [0, 0.1) is 13.8 Å². The molecule has 0 radical (unpaired) electrons. The molecule has 0 aliphatic rings. The first-order valence-corrected chi connectivity index (χ1v) is 5.80. The van der Waals surface area contributed by atoms with E-state index in [4.69, 9.17) is 4.74 Å². The van der Waals surface area contributed by atoms with Crippen LogP contribution in [-0.2, 0) is 0 Å². The number of aromatic nitrogens is 3. The monoisotopic (exact) mass is 247 g/mol. The normalized spacial score (nSPS) is 12.5. The molecule has 1 aromatic heterocycles. The number of aliphatic hydroxyl groups excluding tert-OH is 1. The zero-order chi connectivity index (χ0) is 13.3. The standard InChI is InChI=1S/C13H17N3O2/c1-8(17)13-11(6-5-7-12(13)18-4)16-10(3)14-9(2)15-16/h5-8,17H,1-4H3/t8-/m1/s1. The molecule has 18 heavy (non-hydrogen) atoms. The Bertz CT molecular complexity index is 561. The second-order valence-corrected chi connectivity index (χ2v) is 4.19. The lowest BCUT2D eigenvalue weighted by atomic mass is 10.1.